The molecule has 200 valence electrons. The van der Waals surface area contributed by atoms with Crippen LogP contribution in [0, 0.1) is 0 Å². The fourth-order valence-corrected chi connectivity index (χ4v) is 3.71. The Morgan fingerprint density at radius 2 is 1.73 bits per heavy atom. The molecule has 1 aliphatic rings. The first-order valence-electron chi connectivity index (χ1n) is 11.2. The average Bonchev–Trinajstić information content (AvgIpc) is 3.21. The van der Waals surface area contributed by atoms with Gasteiger partial charge in [-0.1, -0.05) is 42.5 Å². The second kappa shape index (κ2) is 11.7. The Morgan fingerprint density at radius 3 is 2.35 bits per heavy atom. The lowest BCUT2D eigenvalue weighted by Gasteiger charge is -2.24. The fourth-order valence-electron chi connectivity index (χ4n) is 3.71. The van der Waals surface area contributed by atoms with Gasteiger partial charge < -0.3 is 20.1 Å². The van der Waals surface area contributed by atoms with Gasteiger partial charge in [0.2, 0.25) is 0 Å². The summed E-state index contributed by atoms with van der Waals surface area (Å²) in [6, 6.07) is 12.8. The normalized spacial score (nSPS) is 16.9. The van der Waals surface area contributed by atoms with Gasteiger partial charge in [-0.15, -0.1) is 0 Å². The number of alkyl halides is 6. The average molecular weight is 529 g/mol. The lowest BCUT2D eigenvalue weighted by molar-refractivity contribution is -0.139. The van der Waals surface area contributed by atoms with Crippen LogP contribution in [0.2, 0.25) is 0 Å². The van der Waals surface area contributed by atoms with E-state index in [2.05, 4.69) is 4.99 Å². The molecule has 1 heterocycles. The Morgan fingerprint density at radius 1 is 1.05 bits per heavy atom. The van der Waals surface area contributed by atoms with Gasteiger partial charge in [-0.05, 0) is 30.2 Å². The van der Waals surface area contributed by atoms with Crippen molar-refractivity contribution in [1.29, 1.82) is 0 Å². The van der Waals surface area contributed by atoms with E-state index in [0.717, 1.165) is 17.7 Å². The van der Waals surface area contributed by atoms with Gasteiger partial charge in [0.15, 0.2) is 0 Å². The number of amidine groups is 1. The number of carbonyl (C=O) groups excluding carboxylic acids is 1. The van der Waals surface area contributed by atoms with Crippen molar-refractivity contribution in [2.24, 2.45) is 10.7 Å². The van der Waals surface area contributed by atoms with Crippen molar-refractivity contribution in [1.82, 2.24) is 4.90 Å². The molecule has 0 aliphatic carbocycles. The summed E-state index contributed by atoms with van der Waals surface area (Å²) in [6.45, 7) is 1.11. The van der Waals surface area contributed by atoms with Crippen LogP contribution in [0.25, 0.3) is 0 Å². The van der Waals surface area contributed by atoms with E-state index in [1.807, 2.05) is 30.3 Å². The molecular formula is C25H25F6N3O3. The highest BCUT2D eigenvalue weighted by atomic mass is 19.4. The molecule has 0 saturated carbocycles. The number of esters is 1. The standard InChI is InChI=1S/C25H25F6N3O3/c1-2-37-23(35)20(21(32)25(29,30)31)22-33-19(15-36-14-16-7-4-3-5-8-16)13-34(22)12-17-9-6-10-18(11-17)24(26,27)28/h3-11,19H,2,12-15,32H2,1H3. The molecule has 0 amide bonds. The number of carbonyl (C=O) groups is 1. The van der Waals surface area contributed by atoms with E-state index >= 15 is 0 Å². The monoisotopic (exact) mass is 529 g/mol. The number of benzene rings is 2. The molecule has 0 radical (unpaired) electrons. The van der Waals surface area contributed by atoms with Crippen molar-refractivity contribution in [3.8, 4) is 0 Å². The summed E-state index contributed by atoms with van der Waals surface area (Å²) in [5, 5.41) is 0. The van der Waals surface area contributed by atoms with E-state index in [0.29, 0.717) is 0 Å². The van der Waals surface area contributed by atoms with Gasteiger partial charge >= 0.3 is 18.3 Å². The van der Waals surface area contributed by atoms with Gasteiger partial charge in [0.25, 0.3) is 0 Å². The molecule has 0 bridgehead atoms. The highest BCUT2D eigenvalue weighted by Crippen LogP contribution is 2.31. The number of aliphatic imine (C=N–C) groups is 1. The van der Waals surface area contributed by atoms with Gasteiger partial charge in [-0.3, -0.25) is 4.99 Å². The van der Waals surface area contributed by atoms with Crippen molar-refractivity contribution in [3.63, 3.8) is 0 Å². The van der Waals surface area contributed by atoms with Crippen molar-refractivity contribution in [2.75, 3.05) is 19.8 Å². The smallest absolute Gasteiger partial charge is 0.431 e. The van der Waals surface area contributed by atoms with Crippen molar-refractivity contribution >= 4 is 11.8 Å². The van der Waals surface area contributed by atoms with Crippen LogP contribution in [-0.2, 0) is 33.6 Å². The minimum absolute atomic E-state index is 0.0144. The fraction of sp³-hybridized carbons (Fsp3) is 0.360. The first kappa shape index (κ1) is 28.0. The molecule has 1 atom stereocenters. The summed E-state index contributed by atoms with van der Waals surface area (Å²) in [5.41, 5.74) is 2.73. The van der Waals surface area contributed by atoms with E-state index in [4.69, 9.17) is 15.2 Å². The number of hydrogen-bond acceptors (Lipinski definition) is 6. The van der Waals surface area contributed by atoms with E-state index in [-0.39, 0.29) is 38.5 Å². The Bertz CT molecular complexity index is 1150. The summed E-state index contributed by atoms with van der Waals surface area (Å²) in [7, 11) is 0. The van der Waals surface area contributed by atoms with Gasteiger partial charge in [0, 0.05) is 13.1 Å². The molecule has 12 heteroatoms. The quantitative estimate of drug-likeness (QED) is 0.286. The zero-order chi connectivity index (χ0) is 27.2. The first-order chi connectivity index (χ1) is 17.4. The molecule has 0 aromatic heterocycles. The van der Waals surface area contributed by atoms with Crippen LogP contribution in [0.5, 0.6) is 0 Å². The number of halogens is 6. The predicted molar refractivity (Wildman–Crippen MR) is 123 cm³/mol. The van der Waals surface area contributed by atoms with Crippen molar-refractivity contribution < 1.29 is 40.6 Å². The molecule has 0 spiro atoms. The van der Waals surface area contributed by atoms with Crippen LogP contribution in [-0.4, -0.2) is 48.7 Å². The van der Waals surface area contributed by atoms with Crippen LogP contribution in [0.3, 0.4) is 0 Å². The Labute approximate surface area is 209 Å². The molecular weight excluding hydrogens is 504 g/mol. The SMILES string of the molecule is CCOC(=O)C(C1=NC(COCc2ccccc2)CN1Cc1cccc(C(F)(F)F)c1)=C(N)C(F)(F)F. The highest BCUT2D eigenvalue weighted by molar-refractivity contribution is 6.20. The Kier molecular flexibility index (Phi) is 8.85. The number of allylic oxidation sites excluding steroid dienone is 1. The summed E-state index contributed by atoms with van der Waals surface area (Å²) in [4.78, 5) is 18.1. The zero-order valence-corrected chi connectivity index (χ0v) is 19.8. The summed E-state index contributed by atoms with van der Waals surface area (Å²) in [6.07, 6.45) is -9.68. The maximum atomic E-state index is 13.6. The molecule has 2 N–H and O–H groups in total. The molecule has 2 aromatic rings. The van der Waals surface area contributed by atoms with Crippen LogP contribution in [0.1, 0.15) is 23.6 Å². The predicted octanol–water partition coefficient (Wildman–Crippen LogP) is 4.84. The molecule has 1 aliphatic heterocycles. The molecule has 6 nitrogen and oxygen atoms in total. The second-order valence-electron chi connectivity index (χ2n) is 8.19. The van der Waals surface area contributed by atoms with Crippen molar-refractivity contribution in [2.45, 2.75) is 38.5 Å². The van der Waals surface area contributed by atoms with Gasteiger partial charge in [0.1, 0.15) is 17.1 Å². The van der Waals surface area contributed by atoms with E-state index < -0.39 is 47.0 Å². The van der Waals surface area contributed by atoms with E-state index in [9.17, 15) is 31.1 Å². The largest absolute Gasteiger partial charge is 0.462 e. The van der Waals surface area contributed by atoms with Gasteiger partial charge in [-0.25, -0.2) is 4.79 Å². The topological polar surface area (TPSA) is 77.2 Å². The molecule has 2 aromatic carbocycles. The zero-order valence-electron chi connectivity index (χ0n) is 19.8. The Balaban J connectivity index is 1.93. The number of nitrogens with two attached hydrogens (primary N) is 1. The summed E-state index contributed by atoms with van der Waals surface area (Å²) in [5.74, 6) is -1.75. The third-order valence-corrected chi connectivity index (χ3v) is 5.36. The molecule has 3 rings (SSSR count). The summed E-state index contributed by atoms with van der Waals surface area (Å²) >= 11 is 0. The lowest BCUT2D eigenvalue weighted by atomic mass is 10.1. The van der Waals surface area contributed by atoms with E-state index in [1.54, 1.807) is 0 Å². The van der Waals surface area contributed by atoms with E-state index in [1.165, 1.54) is 24.0 Å². The third kappa shape index (κ3) is 7.48. The number of hydrogen-bond donors (Lipinski definition) is 1. The van der Waals surface area contributed by atoms with Crippen LogP contribution in [0.15, 0.2) is 70.9 Å². The molecule has 0 saturated heterocycles. The first-order valence-corrected chi connectivity index (χ1v) is 11.2. The minimum Gasteiger partial charge on any atom is -0.462 e. The Hall–Kier alpha value is -3.54. The number of ether oxygens (including phenoxy) is 2. The maximum absolute atomic E-state index is 13.6. The number of rotatable bonds is 9. The maximum Gasteiger partial charge on any atom is 0.431 e. The van der Waals surface area contributed by atoms with Gasteiger partial charge in [0.05, 0.1) is 31.4 Å². The number of nitrogens with zero attached hydrogens (tertiary/aromatic N) is 2. The minimum atomic E-state index is -5.08. The van der Waals surface area contributed by atoms with Gasteiger partial charge in [-0.2, -0.15) is 26.3 Å². The van der Waals surface area contributed by atoms with Crippen molar-refractivity contribution in [3.05, 3.63) is 82.6 Å². The summed E-state index contributed by atoms with van der Waals surface area (Å²) < 4.78 is 90.7. The second-order valence-corrected chi connectivity index (χ2v) is 8.19. The molecule has 0 fully saturated rings. The molecule has 1 unspecified atom stereocenters. The highest BCUT2D eigenvalue weighted by Gasteiger charge is 2.42. The lowest BCUT2D eigenvalue weighted by Crippen LogP contribution is -2.37. The molecule has 37 heavy (non-hydrogen) atoms. The van der Waals surface area contributed by atoms with Crippen LogP contribution in [0.4, 0.5) is 26.3 Å². The third-order valence-electron chi connectivity index (χ3n) is 5.36. The van der Waals surface area contributed by atoms with Crippen LogP contribution < -0.4 is 5.73 Å². The van der Waals surface area contributed by atoms with Crippen LogP contribution >= 0.6 is 0 Å².